The van der Waals surface area contributed by atoms with E-state index in [0.29, 0.717) is 23.2 Å². The molecule has 6 heteroatoms. The zero-order chi connectivity index (χ0) is 12.5. The minimum absolute atomic E-state index is 0.310. The summed E-state index contributed by atoms with van der Waals surface area (Å²) in [6, 6.07) is 3.30. The predicted octanol–water partition coefficient (Wildman–Crippen LogP) is 2.99. The lowest BCUT2D eigenvalue weighted by molar-refractivity contribution is -0.137. The smallest absolute Gasteiger partial charge is 0.383 e. The summed E-state index contributed by atoms with van der Waals surface area (Å²) >= 11 is 5.85. The number of alkyl halides is 3. The second-order valence-corrected chi connectivity index (χ2v) is 4.50. The van der Waals surface area contributed by atoms with Crippen LogP contribution in [-0.2, 0) is 6.18 Å². The molecule has 1 fully saturated rings. The van der Waals surface area contributed by atoms with Gasteiger partial charge in [-0.15, -0.1) is 0 Å². The second kappa shape index (κ2) is 4.74. The SMILES string of the molecule is FC(F)(F)c1ccc(Cl)c(NCC2CNC2)c1. The summed E-state index contributed by atoms with van der Waals surface area (Å²) in [5, 5.41) is 6.36. The number of halogens is 4. The third-order valence-electron chi connectivity index (χ3n) is 2.74. The van der Waals surface area contributed by atoms with Crippen LogP contribution in [0.3, 0.4) is 0 Å². The minimum atomic E-state index is -4.33. The highest BCUT2D eigenvalue weighted by Crippen LogP contribution is 2.33. The molecule has 1 aliphatic rings. The molecule has 1 aliphatic heterocycles. The Kier molecular flexibility index (Phi) is 3.49. The van der Waals surface area contributed by atoms with E-state index in [1.165, 1.54) is 6.07 Å². The lowest BCUT2D eigenvalue weighted by Gasteiger charge is -2.27. The third-order valence-corrected chi connectivity index (χ3v) is 3.07. The van der Waals surface area contributed by atoms with Gasteiger partial charge in [-0.2, -0.15) is 13.2 Å². The van der Waals surface area contributed by atoms with Gasteiger partial charge in [0.05, 0.1) is 16.3 Å². The maximum atomic E-state index is 12.5. The molecule has 2 nitrogen and oxygen atoms in total. The van der Waals surface area contributed by atoms with Crippen LogP contribution in [0.1, 0.15) is 5.56 Å². The van der Waals surface area contributed by atoms with Crippen LogP contribution in [0, 0.1) is 5.92 Å². The van der Waals surface area contributed by atoms with Gasteiger partial charge in [-0.05, 0) is 18.2 Å². The van der Waals surface area contributed by atoms with Crippen LogP contribution < -0.4 is 10.6 Å². The molecule has 94 valence electrons. The molecule has 0 spiro atoms. The summed E-state index contributed by atoms with van der Waals surface area (Å²) in [4.78, 5) is 0. The Morgan fingerprint density at radius 2 is 2.06 bits per heavy atom. The van der Waals surface area contributed by atoms with Crippen molar-refractivity contribution in [3.05, 3.63) is 28.8 Å². The Morgan fingerprint density at radius 3 is 2.59 bits per heavy atom. The first kappa shape index (κ1) is 12.5. The van der Waals surface area contributed by atoms with Crippen LogP contribution in [0.15, 0.2) is 18.2 Å². The standard InChI is InChI=1S/C11H12ClF3N2/c12-9-2-1-8(11(13,14)15)3-10(9)17-6-7-4-16-5-7/h1-3,7,16-17H,4-6H2. The summed E-state index contributed by atoms with van der Waals surface area (Å²) < 4.78 is 37.5. The lowest BCUT2D eigenvalue weighted by atomic mass is 10.0. The molecule has 0 radical (unpaired) electrons. The van der Waals surface area contributed by atoms with Crippen molar-refractivity contribution in [3.63, 3.8) is 0 Å². The summed E-state index contributed by atoms with van der Waals surface area (Å²) in [5.74, 6) is 0.459. The van der Waals surface area contributed by atoms with Crippen molar-refractivity contribution in [2.45, 2.75) is 6.18 Å². The van der Waals surface area contributed by atoms with Crippen LogP contribution in [0.2, 0.25) is 5.02 Å². The first-order valence-corrected chi connectivity index (χ1v) is 5.66. The van der Waals surface area contributed by atoms with Crippen LogP contribution in [0.25, 0.3) is 0 Å². The van der Waals surface area contributed by atoms with E-state index < -0.39 is 11.7 Å². The average molecular weight is 265 g/mol. The number of benzene rings is 1. The van der Waals surface area contributed by atoms with E-state index >= 15 is 0 Å². The first-order chi connectivity index (χ1) is 7.97. The van der Waals surface area contributed by atoms with Gasteiger partial charge in [0.2, 0.25) is 0 Å². The molecule has 0 aromatic heterocycles. The molecular formula is C11H12ClF3N2. The molecule has 0 aliphatic carbocycles. The van der Waals surface area contributed by atoms with E-state index in [1.807, 2.05) is 0 Å². The summed E-state index contributed by atoms with van der Waals surface area (Å²) in [5.41, 5.74) is -0.343. The number of hydrogen-bond donors (Lipinski definition) is 2. The van der Waals surface area contributed by atoms with Crippen LogP contribution in [-0.4, -0.2) is 19.6 Å². The number of hydrogen-bond acceptors (Lipinski definition) is 2. The average Bonchev–Trinajstić information content (AvgIpc) is 2.16. The van der Waals surface area contributed by atoms with E-state index in [4.69, 9.17) is 11.6 Å². The van der Waals surface area contributed by atoms with Crippen molar-refractivity contribution in [2.24, 2.45) is 5.92 Å². The fourth-order valence-electron chi connectivity index (χ4n) is 1.58. The molecule has 0 saturated carbocycles. The molecular weight excluding hydrogens is 253 g/mol. The molecule has 2 N–H and O–H groups in total. The number of anilines is 1. The van der Waals surface area contributed by atoms with E-state index in [0.717, 1.165) is 25.2 Å². The number of rotatable bonds is 3. The van der Waals surface area contributed by atoms with Crippen LogP contribution in [0.5, 0.6) is 0 Å². The zero-order valence-corrected chi connectivity index (χ0v) is 9.70. The molecule has 0 amide bonds. The molecule has 0 bridgehead atoms. The highest BCUT2D eigenvalue weighted by atomic mass is 35.5. The Morgan fingerprint density at radius 1 is 1.35 bits per heavy atom. The molecule has 1 saturated heterocycles. The molecule has 0 atom stereocenters. The largest absolute Gasteiger partial charge is 0.416 e. The van der Waals surface area contributed by atoms with Crippen LogP contribution >= 0.6 is 11.6 Å². The maximum Gasteiger partial charge on any atom is 0.416 e. The van der Waals surface area contributed by atoms with Gasteiger partial charge in [0.1, 0.15) is 0 Å². The highest BCUT2D eigenvalue weighted by Gasteiger charge is 2.31. The highest BCUT2D eigenvalue weighted by molar-refractivity contribution is 6.33. The predicted molar refractivity (Wildman–Crippen MR) is 61.3 cm³/mol. The topological polar surface area (TPSA) is 24.1 Å². The quantitative estimate of drug-likeness (QED) is 0.877. The van der Waals surface area contributed by atoms with E-state index in [-0.39, 0.29) is 0 Å². The van der Waals surface area contributed by atoms with Gasteiger partial charge in [0.25, 0.3) is 0 Å². The zero-order valence-electron chi connectivity index (χ0n) is 8.94. The van der Waals surface area contributed by atoms with E-state index in [2.05, 4.69) is 10.6 Å². The van der Waals surface area contributed by atoms with Gasteiger partial charge >= 0.3 is 6.18 Å². The first-order valence-electron chi connectivity index (χ1n) is 5.28. The van der Waals surface area contributed by atoms with Crippen LogP contribution in [0.4, 0.5) is 18.9 Å². The third kappa shape index (κ3) is 3.04. The van der Waals surface area contributed by atoms with Crippen molar-refractivity contribution < 1.29 is 13.2 Å². The maximum absolute atomic E-state index is 12.5. The summed E-state index contributed by atoms with van der Waals surface area (Å²) in [6.07, 6.45) is -4.33. The number of nitrogens with one attached hydrogen (secondary N) is 2. The van der Waals surface area contributed by atoms with Crippen molar-refractivity contribution in [3.8, 4) is 0 Å². The second-order valence-electron chi connectivity index (χ2n) is 4.10. The van der Waals surface area contributed by atoms with Crippen molar-refractivity contribution in [1.82, 2.24) is 5.32 Å². The molecule has 1 heterocycles. The molecule has 1 aromatic rings. The molecule has 1 aromatic carbocycles. The minimum Gasteiger partial charge on any atom is -0.383 e. The van der Waals surface area contributed by atoms with Gasteiger partial charge in [-0.1, -0.05) is 11.6 Å². The monoisotopic (exact) mass is 264 g/mol. The summed E-state index contributed by atoms with van der Waals surface area (Å²) in [7, 11) is 0. The Balaban J connectivity index is 2.08. The Hall–Kier alpha value is -0.940. The molecule has 0 unspecified atom stereocenters. The van der Waals surface area contributed by atoms with Gasteiger partial charge in [0, 0.05) is 25.6 Å². The van der Waals surface area contributed by atoms with Crippen molar-refractivity contribution >= 4 is 17.3 Å². The van der Waals surface area contributed by atoms with E-state index in [1.54, 1.807) is 0 Å². The van der Waals surface area contributed by atoms with Crippen molar-refractivity contribution in [2.75, 3.05) is 25.0 Å². The molecule has 17 heavy (non-hydrogen) atoms. The van der Waals surface area contributed by atoms with Crippen molar-refractivity contribution in [1.29, 1.82) is 0 Å². The van der Waals surface area contributed by atoms with Gasteiger partial charge in [0.15, 0.2) is 0 Å². The van der Waals surface area contributed by atoms with Gasteiger partial charge in [-0.3, -0.25) is 0 Å². The Labute approximate surface area is 102 Å². The lowest BCUT2D eigenvalue weighted by Crippen LogP contribution is -2.45. The fourth-order valence-corrected chi connectivity index (χ4v) is 1.77. The van der Waals surface area contributed by atoms with Gasteiger partial charge in [-0.25, -0.2) is 0 Å². The normalized spacial score (nSPS) is 16.7. The fraction of sp³-hybridized carbons (Fsp3) is 0.455. The van der Waals surface area contributed by atoms with Gasteiger partial charge < -0.3 is 10.6 Å². The summed E-state index contributed by atoms with van der Waals surface area (Å²) in [6.45, 7) is 2.42. The Bertz CT molecular complexity index is 402. The van der Waals surface area contributed by atoms with E-state index in [9.17, 15) is 13.2 Å². The molecule has 2 rings (SSSR count).